The standard InChI is InChI=1S/C9H12BrNO2/c1-6(2)13-9-8(12-3)7(10)4-5-11-9/h4-6H,1-3H3. The molecule has 0 aliphatic heterocycles. The Morgan fingerprint density at radius 3 is 2.69 bits per heavy atom. The first-order valence-electron chi connectivity index (χ1n) is 4.00. The molecule has 1 rings (SSSR count). The van der Waals surface area contributed by atoms with Crippen LogP contribution in [0, 0.1) is 0 Å². The van der Waals surface area contributed by atoms with Gasteiger partial charge in [0.1, 0.15) is 0 Å². The minimum Gasteiger partial charge on any atom is -0.490 e. The molecule has 4 heteroatoms. The van der Waals surface area contributed by atoms with Crippen LogP contribution in [-0.2, 0) is 0 Å². The van der Waals surface area contributed by atoms with Gasteiger partial charge in [-0.3, -0.25) is 0 Å². The van der Waals surface area contributed by atoms with Crippen molar-refractivity contribution in [2.24, 2.45) is 0 Å². The molecule has 0 aliphatic carbocycles. The number of ether oxygens (including phenoxy) is 2. The van der Waals surface area contributed by atoms with E-state index in [2.05, 4.69) is 20.9 Å². The summed E-state index contributed by atoms with van der Waals surface area (Å²) in [4.78, 5) is 4.07. The molecule has 0 saturated carbocycles. The van der Waals surface area contributed by atoms with Crippen molar-refractivity contribution in [2.45, 2.75) is 20.0 Å². The van der Waals surface area contributed by atoms with Gasteiger partial charge in [0, 0.05) is 6.20 Å². The average Bonchev–Trinajstić information content (AvgIpc) is 2.03. The Balaban J connectivity index is 2.98. The Hall–Kier alpha value is -0.770. The second kappa shape index (κ2) is 4.46. The predicted molar refractivity (Wildman–Crippen MR) is 54.3 cm³/mol. The number of pyridine rings is 1. The van der Waals surface area contributed by atoms with E-state index in [9.17, 15) is 0 Å². The van der Waals surface area contributed by atoms with Gasteiger partial charge in [-0.05, 0) is 35.8 Å². The van der Waals surface area contributed by atoms with E-state index in [0.29, 0.717) is 11.6 Å². The highest BCUT2D eigenvalue weighted by Crippen LogP contribution is 2.32. The Labute approximate surface area is 86.2 Å². The van der Waals surface area contributed by atoms with Crippen LogP contribution >= 0.6 is 15.9 Å². The van der Waals surface area contributed by atoms with Crippen molar-refractivity contribution in [3.8, 4) is 11.6 Å². The van der Waals surface area contributed by atoms with Gasteiger partial charge in [0.05, 0.1) is 17.7 Å². The normalized spacial score (nSPS) is 10.2. The predicted octanol–water partition coefficient (Wildman–Crippen LogP) is 2.64. The highest BCUT2D eigenvalue weighted by atomic mass is 79.9. The van der Waals surface area contributed by atoms with E-state index in [1.54, 1.807) is 13.3 Å². The molecule has 0 N–H and O–H groups in total. The van der Waals surface area contributed by atoms with Crippen molar-refractivity contribution >= 4 is 15.9 Å². The van der Waals surface area contributed by atoms with Gasteiger partial charge in [0.25, 0.3) is 5.88 Å². The topological polar surface area (TPSA) is 31.4 Å². The minimum atomic E-state index is 0.0932. The third-order valence-corrected chi connectivity index (χ3v) is 2.00. The van der Waals surface area contributed by atoms with Crippen LogP contribution in [0.3, 0.4) is 0 Å². The summed E-state index contributed by atoms with van der Waals surface area (Å²) in [6, 6.07) is 1.81. The lowest BCUT2D eigenvalue weighted by molar-refractivity contribution is 0.219. The number of nitrogens with zero attached hydrogens (tertiary/aromatic N) is 1. The van der Waals surface area contributed by atoms with Gasteiger partial charge in [-0.15, -0.1) is 0 Å². The van der Waals surface area contributed by atoms with Crippen LogP contribution in [0.2, 0.25) is 0 Å². The molecular formula is C9H12BrNO2. The zero-order valence-corrected chi connectivity index (χ0v) is 9.46. The molecule has 1 aromatic rings. The van der Waals surface area contributed by atoms with Gasteiger partial charge in [0.2, 0.25) is 0 Å². The fourth-order valence-electron chi connectivity index (χ4n) is 0.899. The number of hydrogen-bond acceptors (Lipinski definition) is 3. The first kappa shape index (κ1) is 10.3. The highest BCUT2D eigenvalue weighted by Gasteiger charge is 2.10. The number of hydrogen-bond donors (Lipinski definition) is 0. The van der Waals surface area contributed by atoms with E-state index in [-0.39, 0.29) is 6.10 Å². The second-order valence-electron chi connectivity index (χ2n) is 2.80. The smallest absolute Gasteiger partial charge is 0.258 e. The summed E-state index contributed by atoms with van der Waals surface area (Å²) < 4.78 is 11.4. The maximum Gasteiger partial charge on any atom is 0.258 e. The molecule has 1 heterocycles. The molecule has 0 amide bonds. The number of halogens is 1. The Bertz CT molecular complexity index is 289. The Morgan fingerprint density at radius 2 is 2.15 bits per heavy atom. The van der Waals surface area contributed by atoms with E-state index in [1.165, 1.54) is 0 Å². The largest absolute Gasteiger partial charge is 0.490 e. The number of rotatable bonds is 3. The fraction of sp³-hybridized carbons (Fsp3) is 0.444. The number of aromatic nitrogens is 1. The lowest BCUT2D eigenvalue weighted by Gasteiger charge is -2.12. The van der Waals surface area contributed by atoms with E-state index in [1.807, 2.05) is 19.9 Å². The van der Waals surface area contributed by atoms with Crippen molar-refractivity contribution in [3.63, 3.8) is 0 Å². The third kappa shape index (κ3) is 2.59. The van der Waals surface area contributed by atoms with Crippen LogP contribution in [0.5, 0.6) is 11.6 Å². The average molecular weight is 246 g/mol. The van der Waals surface area contributed by atoms with E-state index < -0.39 is 0 Å². The fourth-order valence-corrected chi connectivity index (χ4v) is 1.35. The molecule has 0 aliphatic rings. The molecule has 13 heavy (non-hydrogen) atoms. The Kier molecular flexibility index (Phi) is 3.54. The van der Waals surface area contributed by atoms with Crippen LogP contribution in [0.15, 0.2) is 16.7 Å². The van der Waals surface area contributed by atoms with Crippen molar-refractivity contribution in [1.29, 1.82) is 0 Å². The SMILES string of the molecule is COc1c(Br)ccnc1OC(C)C. The molecule has 72 valence electrons. The van der Waals surface area contributed by atoms with Crippen LogP contribution in [0.4, 0.5) is 0 Å². The van der Waals surface area contributed by atoms with Crippen molar-refractivity contribution in [3.05, 3.63) is 16.7 Å². The van der Waals surface area contributed by atoms with E-state index >= 15 is 0 Å². The van der Waals surface area contributed by atoms with Gasteiger partial charge < -0.3 is 9.47 Å². The van der Waals surface area contributed by atoms with Gasteiger partial charge in [-0.2, -0.15) is 0 Å². The molecule has 0 atom stereocenters. The summed E-state index contributed by atoms with van der Waals surface area (Å²) in [6.45, 7) is 3.89. The number of methoxy groups -OCH3 is 1. The molecule has 1 aromatic heterocycles. The summed E-state index contributed by atoms with van der Waals surface area (Å²) in [6.07, 6.45) is 1.76. The highest BCUT2D eigenvalue weighted by molar-refractivity contribution is 9.10. The molecule has 0 aromatic carbocycles. The van der Waals surface area contributed by atoms with E-state index in [4.69, 9.17) is 9.47 Å². The lowest BCUT2D eigenvalue weighted by atomic mass is 10.4. The molecule has 0 fully saturated rings. The van der Waals surface area contributed by atoms with Gasteiger partial charge in [-0.1, -0.05) is 0 Å². The summed E-state index contributed by atoms with van der Waals surface area (Å²) >= 11 is 3.35. The minimum absolute atomic E-state index is 0.0932. The molecule has 3 nitrogen and oxygen atoms in total. The maximum atomic E-state index is 5.45. The van der Waals surface area contributed by atoms with Crippen molar-refractivity contribution in [1.82, 2.24) is 4.98 Å². The summed E-state index contributed by atoms with van der Waals surface area (Å²) in [5.74, 6) is 1.16. The third-order valence-electron chi connectivity index (χ3n) is 1.38. The van der Waals surface area contributed by atoms with Crippen LogP contribution in [-0.4, -0.2) is 18.2 Å². The van der Waals surface area contributed by atoms with Gasteiger partial charge in [-0.25, -0.2) is 4.98 Å². The molecule has 0 bridgehead atoms. The monoisotopic (exact) mass is 245 g/mol. The zero-order chi connectivity index (χ0) is 9.84. The molecule has 0 spiro atoms. The first-order valence-corrected chi connectivity index (χ1v) is 4.79. The van der Waals surface area contributed by atoms with Crippen molar-refractivity contribution < 1.29 is 9.47 Å². The quantitative estimate of drug-likeness (QED) is 0.821. The summed E-state index contributed by atoms with van der Waals surface area (Å²) in [7, 11) is 1.59. The lowest BCUT2D eigenvalue weighted by Crippen LogP contribution is -2.08. The Morgan fingerprint density at radius 1 is 1.46 bits per heavy atom. The van der Waals surface area contributed by atoms with Crippen LogP contribution in [0.25, 0.3) is 0 Å². The van der Waals surface area contributed by atoms with Crippen molar-refractivity contribution in [2.75, 3.05) is 7.11 Å². The summed E-state index contributed by atoms with van der Waals surface area (Å²) in [5, 5.41) is 0. The molecular weight excluding hydrogens is 234 g/mol. The summed E-state index contributed by atoms with van der Waals surface area (Å²) in [5.41, 5.74) is 0. The molecule has 0 radical (unpaired) electrons. The molecule has 0 saturated heterocycles. The van der Waals surface area contributed by atoms with Gasteiger partial charge >= 0.3 is 0 Å². The van der Waals surface area contributed by atoms with E-state index in [0.717, 1.165) is 4.47 Å². The maximum absolute atomic E-state index is 5.45. The first-order chi connectivity index (χ1) is 6.15. The zero-order valence-electron chi connectivity index (χ0n) is 7.87. The van der Waals surface area contributed by atoms with Gasteiger partial charge in [0.15, 0.2) is 5.75 Å². The molecule has 0 unspecified atom stereocenters. The second-order valence-corrected chi connectivity index (χ2v) is 3.65. The van der Waals surface area contributed by atoms with Crippen LogP contribution < -0.4 is 9.47 Å². The van der Waals surface area contributed by atoms with Crippen LogP contribution in [0.1, 0.15) is 13.8 Å².